The van der Waals surface area contributed by atoms with E-state index in [9.17, 15) is 9.18 Å². The highest BCUT2D eigenvalue weighted by Crippen LogP contribution is 2.34. The van der Waals surface area contributed by atoms with Crippen molar-refractivity contribution in [1.82, 2.24) is 0 Å². The number of carbonyl (C=O) groups is 1. The molecule has 16 heavy (non-hydrogen) atoms. The van der Waals surface area contributed by atoms with E-state index >= 15 is 0 Å². The molecule has 1 heterocycles. The predicted molar refractivity (Wildman–Crippen MR) is 54.8 cm³/mol. The van der Waals surface area contributed by atoms with Gasteiger partial charge in [-0.15, -0.1) is 0 Å². The number of halogens is 1. The van der Waals surface area contributed by atoms with E-state index in [-0.39, 0.29) is 17.4 Å². The van der Waals surface area contributed by atoms with Crippen molar-refractivity contribution in [2.75, 3.05) is 13.7 Å². The van der Waals surface area contributed by atoms with Crippen molar-refractivity contribution in [2.24, 2.45) is 5.73 Å². The monoisotopic (exact) mass is 225 g/mol. The smallest absolute Gasteiger partial charge is 0.337 e. The molecule has 1 aromatic carbocycles. The van der Waals surface area contributed by atoms with Crippen LogP contribution >= 0.6 is 0 Å². The quantitative estimate of drug-likeness (QED) is 0.734. The molecule has 2 rings (SSSR count). The van der Waals surface area contributed by atoms with E-state index in [2.05, 4.69) is 4.74 Å². The molecule has 0 radical (unpaired) electrons. The average molecular weight is 225 g/mol. The third-order valence-corrected chi connectivity index (χ3v) is 2.57. The van der Waals surface area contributed by atoms with Gasteiger partial charge in [-0.25, -0.2) is 9.18 Å². The molecule has 0 aromatic heterocycles. The van der Waals surface area contributed by atoms with E-state index in [0.29, 0.717) is 18.6 Å². The molecule has 4 nitrogen and oxygen atoms in total. The van der Waals surface area contributed by atoms with Crippen LogP contribution in [0.25, 0.3) is 0 Å². The van der Waals surface area contributed by atoms with Gasteiger partial charge in [-0.1, -0.05) is 0 Å². The lowest BCUT2D eigenvalue weighted by Gasteiger charge is -2.23. The highest BCUT2D eigenvalue weighted by Gasteiger charge is 2.24. The number of carbonyl (C=O) groups excluding carboxylic acids is 1. The number of hydrogen-bond donors (Lipinski definition) is 1. The van der Waals surface area contributed by atoms with Crippen molar-refractivity contribution in [2.45, 2.75) is 12.5 Å². The number of esters is 1. The minimum absolute atomic E-state index is 0.145. The number of methoxy groups -OCH3 is 1. The van der Waals surface area contributed by atoms with Gasteiger partial charge in [0.1, 0.15) is 0 Å². The number of rotatable bonds is 1. The van der Waals surface area contributed by atoms with Crippen molar-refractivity contribution < 1.29 is 18.7 Å². The second kappa shape index (κ2) is 4.09. The predicted octanol–water partition coefficient (Wildman–Crippen LogP) is 1.39. The van der Waals surface area contributed by atoms with Gasteiger partial charge in [0.05, 0.1) is 19.3 Å². The fourth-order valence-corrected chi connectivity index (χ4v) is 1.72. The van der Waals surface area contributed by atoms with E-state index in [1.807, 2.05) is 0 Å². The van der Waals surface area contributed by atoms with Crippen LogP contribution in [0.5, 0.6) is 5.75 Å². The molecule has 5 heteroatoms. The summed E-state index contributed by atoms with van der Waals surface area (Å²) in [5.74, 6) is -1.01. The Balaban J connectivity index is 2.50. The van der Waals surface area contributed by atoms with Crippen LogP contribution < -0.4 is 10.5 Å². The zero-order valence-electron chi connectivity index (χ0n) is 8.83. The first kappa shape index (κ1) is 10.9. The van der Waals surface area contributed by atoms with E-state index in [1.165, 1.54) is 13.2 Å². The molecule has 0 amide bonds. The maximum Gasteiger partial charge on any atom is 0.337 e. The maximum absolute atomic E-state index is 13.6. The summed E-state index contributed by atoms with van der Waals surface area (Å²) in [6.45, 7) is 0.392. The standard InChI is InChI=1S/C11H12FNO3/c1-15-11(14)6-4-7-9(13)2-3-16-10(7)8(12)5-6/h4-5,9H,2-3,13H2,1H3/t9-/m0/s1. The second-order valence-electron chi connectivity index (χ2n) is 3.61. The molecule has 1 atom stereocenters. The largest absolute Gasteiger partial charge is 0.490 e. The summed E-state index contributed by atoms with van der Waals surface area (Å²) in [4.78, 5) is 11.3. The first-order valence-corrected chi connectivity index (χ1v) is 4.93. The fourth-order valence-electron chi connectivity index (χ4n) is 1.72. The molecule has 1 aliphatic heterocycles. The van der Waals surface area contributed by atoms with Crippen molar-refractivity contribution in [1.29, 1.82) is 0 Å². The molecule has 0 unspecified atom stereocenters. The van der Waals surface area contributed by atoms with Crippen LogP contribution in [0.1, 0.15) is 28.4 Å². The van der Waals surface area contributed by atoms with Gasteiger partial charge < -0.3 is 15.2 Å². The zero-order valence-corrected chi connectivity index (χ0v) is 8.83. The Hall–Kier alpha value is -1.62. The van der Waals surface area contributed by atoms with Gasteiger partial charge in [0.15, 0.2) is 11.6 Å². The molecule has 0 spiro atoms. The van der Waals surface area contributed by atoms with Crippen molar-refractivity contribution in [3.8, 4) is 5.75 Å². The van der Waals surface area contributed by atoms with Crippen LogP contribution in [0.4, 0.5) is 4.39 Å². The summed E-state index contributed by atoms with van der Waals surface area (Å²) in [6.07, 6.45) is 0.608. The van der Waals surface area contributed by atoms with Crippen LogP contribution in [0.2, 0.25) is 0 Å². The third-order valence-electron chi connectivity index (χ3n) is 2.57. The number of fused-ring (bicyclic) bond motifs is 1. The summed E-state index contributed by atoms with van der Waals surface area (Å²) in [5, 5.41) is 0. The van der Waals surface area contributed by atoms with E-state index in [1.54, 1.807) is 0 Å². The Labute approximate surface area is 92.1 Å². The molecule has 2 N–H and O–H groups in total. The Bertz CT molecular complexity index is 433. The van der Waals surface area contributed by atoms with Crippen LogP contribution in [0.3, 0.4) is 0 Å². The van der Waals surface area contributed by atoms with Gasteiger partial charge in [-0.3, -0.25) is 0 Å². The van der Waals surface area contributed by atoms with Gasteiger partial charge >= 0.3 is 5.97 Å². The molecule has 0 bridgehead atoms. The highest BCUT2D eigenvalue weighted by atomic mass is 19.1. The Morgan fingerprint density at radius 1 is 1.62 bits per heavy atom. The van der Waals surface area contributed by atoms with E-state index in [4.69, 9.17) is 10.5 Å². The number of benzene rings is 1. The van der Waals surface area contributed by atoms with Crippen molar-refractivity contribution in [3.05, 3.63) is 29.1 Å². The molecule has 0 saturated carbocycles. The molecule has 86 valence electrons. The minimum Gasteiger partial charge on any atom is -0.490 e. The summed E-state index contributed by atoms with van der Waals surface area (Å²) < 4.78 is 23.3. The molecule has 0 fully saturated rings. The first-order chi connectivity index (χ1) is 7.63. The molecule has 0 aliphatic carbocycles. The Kier molecular flexibility index (Phi) is 2.78. The van der Waals surface area contributed by atoms with Crippen LogP contribution in [0, 0.1) is 5.82 Å². The van der Waals surface area contributed by atoms with Crippen LogP contribution in [0.15, 0.2) is 12.1 Å². The lowest BCUT2D eigenvalue weighted by Crippen LogP contribution is -2.22. The van der Waals surface area contributed by atoms with Crippen molar-refractivity contribution >= 4 is 5.97 Å². The molecular formula is C11H12FNO3. The normalized spacial score (nSPS) is 18.6. The Morgan fingerprint density at radius 2 is 2.38 bits per heavy atom. The third kappa shape index (κ3) is 1.74. The van der Waals surface area contributed by atoms with E-state index < -0.39 is 11.8 Å². The van der Waals surface area contributed by atoms with E-state index in [0.717, 1.165) is 6.07 Å². The van der Waals surface area contributed by atoms with Gasteiger partial charge in [-0.05, 0) is 12.1 Å². The topological polar surface area (TPSA) is 61.5 Å². The van der Waals surface area contributed by atoms with Crippen molar-refractivity contribution in [3.63, 3.8) is 0 Å². The zero-order chi connectivity index (χ0) is 11.7. The van der Waals surface area contributed by atoms with Crippen LogP contribution in [-0.4, -0.2) is 19.7 Å². The van der Waals surface area contributed by atoms with Gasteiger partial charge in [-0.2, -0.15) is 0 Å². The second-order valence-corrected chi connectivity index (χ2v) is 3.61. The molecule has 0 saturated heterocycles. The lowest BCUT2D eigenvalue weighted by atomic mass is 9.98. The first-order valence-electron chi connectivity index (χ1n) is 4.93. The SMILES string of the molecule is COC(=O)c1cc(F)c2c(c1)[C@@H](N)CCO2. The molecule has 1 aromatic rings. The Morgan fingerprint density at radius 3 is 3.06 bits per heavy atom. The van der Waals surface area contributed by atoms with Crippen LogP contribution in [-0.2, 0) is 4.74 Å². The highest BCUT2D eigenvalue weighted by molar-refractivity contribution is 5.89. The molecular weight excluding hydrogens is 213 g/mol. The van der Waals surface area contributed by atoms with Gasteiger partial charge in [0, 0.05) is 18.0 Å². The summed E-state index contributed by atoms with van der Waals surface area (Å²) in [6, 6.07) is 2.32. The summed E-state index contributed by atoms with van der Waals surface area (Å²) in [7, 11) is 1.25. The lowest BCUT2D eigenvalue weighted by molar-refractivity contribution is 0.0599. The number of ether oxygens (including phenoxy) is 2. The summed E-state index contributed by atoms with van der Waals surface area (Å²) in [5.41, 5.74) is 6.50. The minimum atomic E-state index is -0.584. The number of hydrogen-bond acceptors (Lipinski definition) is 4. The van der Waals surface area contributed by atoms with Gasteiger partial charge in [0.25, 0.3) is 0 Å². The summed E-state index contributed by atoms with van der Waals surface area (Å²) >= 11 is 0. The van der Waals surface area contributed by atoms with Gasteiger partial charge in [0.2, 0.25) is 0 Å². The average Bonchev–Trinajstić information content (AvgIpc) is 2.29. The number of nitrogens with two attached hydrogens (primary N) is 1. The fraction of sp³-hybridized carbons (Fsp3) is 0.364. The molecule has 1 aliphatic rings. The maximum atomic E-state index is 13.6.